The Bertz CT molecular complexity index is 894. The lowest BCUT2D eigenvalue weighted by Gasteiger charge is -2.11. The molecular formula is C20H23FIN5O. The molecule has 3 aromatic rings. The quantitative estimate of drug-likeness (QED) is 0.312. The fraction of sp³-hybridized carbons (Fsp3) is 0.200. The van der Waals surface area contributed by atoms with E-state index in [0.29, 0.717) is 19.0 Å². The number of halogens is 2. The van der Waals surface area contributed by atoms with Crippen LogP contribution in [0.1, 0.15) is 11.3 Å². The zero-order valence-corrected chi connectivity index (χ0v) is 18.1. The Hall–Kier alpha value is -2.62. The number of methoxy groups -OCH3 is 1. The first-order valence-corrected chi connectivity index (χ1v) is 8.56. The van der Waals surface area contributed by atoms with Crippen molar-refractivity contribution in [3.05, 3.63) is 77.9 Å². The van der Waals surface area contributed by atoms with Crippen LogP contribution in [0, 0.1) is 5.82 Å². The van der Waals surface area contributed by atoms with Gasteiger partial charge in [-0.15, -0.1) is 24.0 Å². The minimum Gasteiger partial charge on any atom is -0.497 e. The van der Waals surface area contributed by atoms with Crippen molar-refractivity contribution < 1.29 is 9.13 Å². The predicted octanol–water partition coefficient (Wildman–Crippen LogP) is 3.50. The lowest BCUT2D eigenvalue weighted by atomic mass is 10.2. The van der Waals surface area contributed by atoms with Gasteiger partial charge >= 0.3 is 0 Å². The summed E-state index contributed by atoms with van der Waals surface area (Å²) in [6.07, 6.45) is 1.91. The fourth-order valence-corrected chi connectivity index (χ4v) is 2.52. The van der Waals surface area contributed by atoms with Gasteiger partial charge in [-0.3, -0.25) is 4.99 Å². The molecule has 2 aromatic carbocycles. The van der Waals surface area contributed by atoms with Crippen LogP contribution in [0.2, 0.25) is 0 Å². The van der Waals surface area contributed by atoms with E-state index in [1.165, 1.54) is 12.1 Å². The number of hydrogen-bond acceptors (Lipinski definition) is 3. The lowest BCUT2D eigenvalue weighted by molar-refractivity contribution is 0.414. The zero-order chi connectivity index (χ0) is 19.1. The third-order valence-electron chi connectivity index (χ3n) is 4.02. The Balaban J connectivity index is 0.00000280. The number of nitrogens with zero attached hydrogens (tertiary/aromatic N) is 3. The Morgan fingerprint density at radius 1 is 1.04 bits per heavy atom. The summed E-state index contributed by atoms with van der Waals surface area (Å²) < 4.78 is 19.9. The van der Waals surface area contributed by atoms with E-state index < -0.39 is 0 Å². The third-order valence-corrected chi connectivity index (χ3v) is 4.02. The molecule has 28 heavy (non-hydrogen) atoms. The molecule has 0 fully saturated rings. The molecule has 0 aliphatic rings. The van der Waals surface area contributed by atoms with Crippen LogP contribution < -0.4 is 15.4 Å². The molecule has 1 aromatic heterocycles. The molecule has 2 N–H and O–H groups in total. The molecule has 0 aliphatic heterocycles. The van der Waals surface area contributed by atoms with Crippen molar-refractivity contribution in [3.8, 4) is 11.4 Å². The summed E-state index contributed by atoms with van der Waals surface area (Å²) in [5.74, 6) is 1.22. The summed E-state index contributed by atoms with van der Waals surface area (Å²) in [6.45, 7) is 1.09. The number of rotatable bonds is 6. The molecule has 0 saturated heterocycles. The number of benzene rings is 2. The van der Waals surface area contributed by atoms with Crippen molar-refractivity contribution in [2.24, 2.45) is 4.99 Å². The van der Waals surface area contributed by atoms with Gasteiger partial charge < -0.3 is 15.4 Å². The molecule has 0 bridgehead atoms. The topological polar surface area (TPSA) is 63.5 Å². The molecule has 8 heteroatoms. The molecule has 0 saturated carbocycles. The van der Waals surface area contributed by atoms with Crippen LogP contribution in [0.15, 0.2) is 65.8 Å². The van der Waals surface area contributed by atoms with Crippen LogP contribution in [0.3, 0.4) is 0 Å². The highest BCUT2D eigenvalue weighted by Gasteiger charge is 2.04. The van der Waals surface area contributed by atoms with Crippen molar-refractivity contribution in [1.82, 2.24) is 20.4 Å². The van der Waals surface area contributed by atoms with Gasteiger partial charge in [0, 0.05) is 19.8 Å². The molecule has 0 radical (unpaired) electrons. The van der Waals surface area contributed by atoms with Crippen LogP contribution in [-0.2, 0) is 13.1 Å². The Kier molecular flexibility index (Phi) is 8.24. The first-order valence-electron chi connectivity index (χ1n) is 8.56. The summed E-state index contributed by atoms with van der Waals surface area (Å²) in [7, 11) is 3.35. The van der Waals surface area contributed by atoms with E-state index in [1.807, 2.05) is 41.2 Å². The maximum Gasteiger partial charge on any atom is 0.191 e. The maximum atomic E-state index is 13.0. The Morgan fingerprint density at radius 2 is 1.71 bits per heavy atom. The zero-order valence-electron chi connectivity index (χ0n) is 15.7. The van der Waals surface area contributed by atoms with Crippen molar-refractivity contribution in [2.75, 3.05) is 14.2 Å². The smallest absolute Gasteiger partial charge is 0.191 e. The van der Waals surface area contributed by atoms with Crippen LogP contribution in [0.25, 0.3) is 5.69 Å². The van der Waals surface area contributed by atoms with E-state index in [9.17, 15) is 4.39 Å². The second-order valence-electron chi connectivity index (χ2n) is 5.86. The van der Waals surface area contributed by atoms with Crippen molar-refractivity contribution in [3.63, 3.8) is 0 Å². The molecule has 0 spiro atoms. The average molecular weight is 495 g/mol. The molecule has 3 rings (SSSR count). The second-order valence-corrected chi connectivity index (χ2v) is 5.86. The van der Waals surface area contributed by atoms with E-state index in [2.05, 4.69) is 20.7 Å². The third kappa shape index (κ3) is 5.95. The van der Waals surface area contributed by atoms with Crippen molar-refractivity contribution in [1.29, 1.82) is 0 Å². The van der Waals surface area contributed by atoms with E-state index in [1.54, 1.807) is 26.3 Å². The normalized spacial score (nSPS) is 10.9. The summed E-state index contributed by atoms with van der Waals surface area (Å²) in [5, 5.41) is 11.0. The van der Waals surface area contributed by atoms with Gasteiger partial charge in [-0.25, -0.2) is 9.07 Å². The van der Waals surface area contributed by atoms with Crippen molar-refractivity contribution in [2.45, 2.75) is 13.1 Å². The summed E-state index contributed by atoms with van der Waals surface area (Å²) in [5.41, 5.74) is 2.82. The van der Waals surface area contributed by atoms with E-state index in [0.717, 1.165) is 22.7 Å². The lowest BCUT2D eigenvalue weighted by Crippen LogP contribution is -2.36. The average Bonchev–Trinajstić information content (AvgIpc) is 3.18. The highest BCUT2D eigenvalue weighted by molar-refractivity contribution is 14.0. The van der Waals surface area contributed by atoms with Gasteiger partial charge in [0.2, 0.25) is 0 Å². The highest BCUT2D eigenvalue weighted by atomic mass is 127. The number of aromatic nitrogens is 2. The Labute approximate surface area is 180 Å². The number of ether oxygens (including phenoxy) is 1. The number of hydrogen-bond donors (Lipinski definition) is 2. The maximum absolute atomic E-state index is 13.0. The van der Waals surface area contributed by atoms with E-state index >= 15 is 0 Å². The van der Waals surface area contributed by atoms with Crippen molar-refractivity contribution >= 4 is 29.9 Å². The van der Waals surface area contributed by atoms with Crippen LogP contribution >= 0.6 is 24.0 Å². The molecule has 1 heterocycles. The predicted molar refractivity (Wildman–Crippen MR) is 119 cm³/mol. The van der Waals surface area contributed by atoms with Gasteiger partial charge in [-0.1, -0.05) is 12.1 Å². The monoisotopic (exact) mass is 495 g/mol. The van der Waals surface area contributed by atoms with Gasteiger partial charge in [0.15, 0.2) is 5.96 Å². The van der Waals surface area contributed by atoms with E-state index in [4.69, 9.17) is 4.74 Å². The molecular weight excluding hydrogens is 472 g/mol. The summed E-state index contributed by atoms with van der Waals surface area (Å²) >= 11 is 0. The molecule has 0 atom stereocenters. The second kappa shape index (κ2) is 10.6. The van der Waals surface area contributed by atoms with Gasteiger partial charge in [0.05, 0.1) is 25.0 Å². The van der Waals surface area contributed by atoms with E-state index in [-0.39, 0.29) is 29.8 Å². The summed E-state index contributed by atoms with van der Waals surface area (Å²) in [6, 6.07) is 16.0. The highest BCUT2D eigenvalue weighted by Crippen LogP contribution is 2.14. The minimum atomic E-state index is -0.242. The minimum absolute atomic E-state index is 0. The first kappa shape index (κ1) is 21.7. The molecule has 6 nitrogen and oxygen atoms in total. The number of nitrogens with one attached hydrogen (secondary N) is 2. The number of aliphatic imine (C=N–C) groups is 1. The van der Waals surface area contributed by atoms with Gasteiger partial charge in [-0.05, 0) is 48.0 Å². The fourth-order valence-electron chi connectivity index (χ4n) is 2.52. The number of guanidine groups is 1. The largest absolute Gasteiger partial charge is 0.497 e. The first-order chi connectivity index (χ1) is 13.2. The molecule has 148 valence electrons. The van der Waals surface area contributed by atoms with Crippen LogP contribution in [0.5, 0.6) is 5.75 Å². The standard InChI is InChI=1S/C20H22FN5O.HI/c1-22-20(23-13-15-3-5-16(21)6-4-15)24-14-17-11-12-26(25-17)18-7-9-19(27-2)10-8-18;/h3-12H,13-14H2,1-2H3,(H2,22,23,24);1H. The molecule has 0 aliphatic carbocycles. The van der Waals surface area contributed by atoms with Crippen LogP contribution in [-0.4, -0.2) is 29.9 Å². The Morgan fingerprint density at radius 3 is 2.36 bits per heavy atom. The van der Waals surface area contributed by atoms with Gasteiger partial charge in [-0.2, -0.15) is 5.10 Å². The summed E-state index contributed by atoms with van der Waals surface area (Å²) in [4.78, 5) is 4.19. The SMILES string of the molecule is CN=C(NCc1ccc(F)cc1)NCc1ccn(-c2ccc(OC)cc2)n1.I. The van der Waals surface area contributed by atoms with Gasteiger partial charge in [0.1, 0.15) is 11.6 Å². The molecule has 0 amide bonds. The van der Waals surface area contributed by atoms with Gasteiger partial charge in [0.25, 0.3) is 0 Å². The molecule has 0 unspecified atom stereocenters. The van der Waals surface area contributed by atoms with Crippen LogP contribution in [0.4, 0.5) is 4.39 Å².